The fraction of sp³-hybridized carbons (Fsp3) is 0.632. The van der Waals surface area contributed by atoms with Gasteiger partial charge in [0, 0.05) is 37.8 Å². The molecule has 0 heterocycles. The number of halogens is 2. The lowest BCUT2D eigenvalue weighted by molar-refractivity contribution is 0.256. The van der Waals surface area contributed by atoms with E-state index in [4.69, 9.17) is 0 Å². The van der Waals surface area contributed by atoms with E-state index < -0.39 is 0 Å². The van der Waals surface area contributed by atoms with Crippen LogP contribution in [0.1, 0.15) is 38.2 Å². The molecule has 6 heteroatoms. The molecule has 2 fully saturated rings. The summed E-state index contributed by atoms with van der Waals surface area (Å²) in [6.07, 6.45) is 5.52. The molecule has 1 aromatic carbocycles. The number of hydrogen-bond donors (Lipinski definition) is 2. The number of nitrogens with zero attached hydrogens (tertiary/aromatic N) is 2. The Bertz CT molecular complexity index is 558. The molecule has 0 atom stereocenters. The van der Waals surface area contributed by atoms with Crippen molar-refractivity contribution in [3.63, 3.8) is 0 Å². The minimum absolute atomic E-state index is 0. The number of rotatable bonds is 9. The molecule has 1 aromatic rings. The topological polar surface area (TPSA) is 39.7 Å². The summed E-state index contributed by atoms with van der Waals surface area (Å²) in [6.45, 7) is 6.41. The van der Waals surface area contributed by atoms with Crippen LogP contribution in [0, 0.1) is 11.7 Å². The normalized spacial score (nSPS) is 17.3. The van der Waals surface area contributed by atoms with Crippen molar-refractivity contribution in [2.45, 2.75) is 45.2 Å². The quantitative estimate of drug-likeness (QED) is 0.337. The largest absolute Gasteiger partial charge is 0.357 e. The van der Waals surface area contributed by atoms with Crippen LogP contribution in [0.5, 0.6) is 0 Å². The van der Waals surface area contributed by atoms with Crippen molar-refractivity contribution in [3.05, 3.63) is 35.6 Å². The average Bonchev–Trinajstić information content (AvgIpc) is 3.46. The molecule has 140 valence electrons. The molecule has 2 aliphatic rings. The van der Waals surface area contributed by atoms with Crippen molar-refractivity contribution < 1.29 is 4.39 Å². The molecule has 4 nitrogen and oxygen atoms in total. The van der Waals surface area contributed by atoms with Gasteiger partial charge in [-0.1, -0.05) is 18.2 Å². The molecule has 0 spiro atoms. The van der Waals surface area contributed by atoms with Gasteiger partial charge >= 0.3 is 0 Å². The summed E-state index contributed by atoms with van der Waals surface area (Å²) in [5.41, 5.74) is 0.628. The van der Waals surface area contributed by atoms with Gasteiger partial charge in [0.05, 0.1) is 6.54 Å². The van der Waals surface area contributed by atoms with Crippen molar-refractivity contribution in [2.75, 3.05) is 26.2 Å². The predicted octanol–water partition coefficient (Wildman–Crippen LogP) is 3.37. The molecule has 0 aromatic heterocycles. The van der Waals surface area contributed by atoms with Crippen LogP contribution in [-0.4, -0.2) is 43.1 Å². The van der Waals surface area contributed by atoms with Gasteiger partial charge in [-0.3, -0.25) is 4.90 Å². The van der Waals surface area contributed by atoms with Gasteiger partial charge in [-0.05, 0) is 44.6 Å². The van der Waals surface area contributed by atoms with Gasteiger partial charge in [0.25, 0.3) is 0 Å². The summed E-state index contributed by atoms with van der Waals surface area (Å²) in [5, 5.41) is 6.63. The first-order valence-electron chi connectivity index (χ1n) is 9.26. The Balaban J connectivity index is 0.00000225. The molecule has 2 saturated carbocycles. The monoisotopic (exact) mass is 460 g/mol. The Labute approximate surface area is 167 Å². The Morgan fingerprint density at radius 3 is 2.60 bits per heavy atom. The van der Waals surface area contributed by atoms with Crippen LogP contribution in [0.15, 0.2) is 29.3 Å². The van der Waals surface area contributed by atoms with E-state index in [1.807, 2.05) is 13.0 Å². The molecule has 0 saturated heterocycles. The lowest BCUT2D eigenvalue weighted by Gasteiger charge is -2.22. The van der Waals surface area contributed by atoms with E-state index >= 15 is 0 Å². The molecule has 25 heavy (non-hydrogen) atoms. The highest BCUT2D eigenvalue weighted by Crippen LogP contribution is 2.34. The highest BCUT2D eigenvalue weighted by Gasteiger charge is 2.33. The molecule has 0 radical (unpaired) electrons. The fourth-order valence-electron chi connectivity index (χ4n) is 2.95. The van der Waals surface area contributed by atoms with Crippen LogP contribution < -0.4 is 10.6 Å². The highest BCUT2D eigenvalue weighted by atomic mass is 127. The maximum Gasteiger partial charge on any atom is 0.191 e. The zero-order chi connectivity index (χ0) is 16.8. The standard InChI is InChI=1S/C19H29FN4.HI/c1-2-21-19(23-13-16-5-3-4-6-18(16)20)22-11-12-24(17-9-10-17)14-15-7-8-15;/h3-6,15,17H,2,7-14H2,1H3,(H2,21,22,23);1H. The van der Waals surface area contributed by atoms with Crippen LogP contribution in [0.3, 0.4) is 0 Å². The molecule has 0 unspecified atom stereocenters. The fourth-order valence-corrected chi connectivity index (χ4v) is 2.95. The van der Waals surface area contributed by atoms with Crippen LogP contribution in [-0.2, 0) is 6.54 Å². The molecule has 0 amide bonds. The summed E-state index contributed by atoms with van der Waals surface area (Å²) in [4.78, 5) is 7.14. The van der Waals surface area contributed by atoms with Crippen molar-refractivity contribution in [2.24, 2.45) is 10.9 Å². The molecule has 3 rings (SSSR count). The first-order valence-corrected chi connectivity index (χ1v) is 9.26. The SMILES string of the molecule is CCNC(=NCc1ccccc1F)NCCN(CC1CC1)C1CC1.I. The van der Waals surface area contributed by atoms with E-state index in [1.54, 1.807) is 12.1 Å². The Hall–Kier alpha value is -0.890. The van der Waals surface area contributed by atoms with E-state index in [9.17, 15) is 4.39 Å². The van der Waals surface area contributed by atoms with Crippen LogP contribution in [0.25, 0.3) is 0 Å². The van der Waals surface area contributed by atoms with E-state index in [0.717, 1.165) is 37.6 Å². The zero-order valence-corrected chi connectivity index (χ0v) is 17.3. The summed E-state index contributed by atoms with van der Waals surface area (Å²) >= 11 is 0. The summed E-state index contributed by atoms with van der Waals surface area (Å²) < 4.78 is 13.7. The average molecular weight is 460 g/mol. The smallest absolute Gasteiger partial charge is 0.191 e. The van der Waals surface area contributed by atoms with Gasteiger partial charge in [-0.25, -0.2) is 9.38 Å². The van der Waals surface area contributed by atoms with Gasteiger partial charge in [0.2, 0.25) is 0 Å². The number of aliphatic imine (C=N–C) groups is 1. The summed E-state index contributed by atoms with van der Waals surface area (Å²) in [7, 11) is 0. The van der Waals surface area contributed by atoms with E-state index in [0.29, 0.717) is 12.1 Å². The second-order valence-electron chi connectivity index (χ2n) is 6.88. The lowest BCUT2D eigenvalue weighted by Crippen LogP contribution is -2.42. The summed E-state index contributed by atoms with van der Waals surface area (Å²) in [5.74, 6) is 1.51. The Morgan fingerprint density at radius 2 is 1.96 bits per heavy atom. The number of hydrogen-bond acceptors (Lipinski definition) is 2. The highest BCUT2D eigenvalue weighted by molar-refractivity contribution is 14.0. The van der Waals surface area contributed by atoms with Crippen LogP contribution in [0.4, 0.5) is 4.39 Å². The third kappa shape index (κ3) is 7.09. The van der Waals surface area contributed by atoms with Gasteiger partial charge in [0.1, 0.15) is 5.82 Å². The van der Waals surface area contributed by atoms with E-state index in [-0.39, 0.29) is 29.8 Å². The van der Waals surface area contributed by atoms with Crippen molar-refractivity contribution >= 4 is 29.9 Å². The van der Waals surface area contributed by atoms with Crippen LogP contribution >= 0.6 is 24.0 Å². The van der Waals surface area contributed by atoms with Crippen molar-refractivity contribution in [1.82, 2.24) is 15.5 Å². The first-order chi connectivity index (χ1) is 11.8. The molecular formula is C19H30FIN4. The van der Waals surface area contributed by atoms with E-state index in [1.165, 1.54) is 38.3 Å². The third-order valence-corrected chi connectivity index (χ3v) is 4.65. The Kier molecular flexibility index (Phi) is 8.42. The Morgan fingerprint density at radius 1 is 1.20 bits per heavy atom. The maximum atomic E-state index is 13.7. The molecule has 0 aliphatic heterocycles. The molecule has 0 bridgehead atoms. The molecule has 2 aliphatic carbocycles. The van der Waals surface area contributed by atoms with Gasteiger partial charge in [0.15, 0.2) is 5.96 Å². The van der Waals surface area contributed by atoms with Crippen LogP contribution in [0.2, 0.25) is 0 Å². The number of nitrogens with one attached hydrogen (secondary N) is 2. The van der Waals surface area contributed by atoms with Gasteiger partial charge in [-0.2, -0.15) is 0 Å². The van der Waals surface area contributed by atoms with Gasteiger partial charge in [-0.15, -0.1) is 24.0 Å². The minimum Gasteiger partial charge on any atom is -0.357 e. The van der Waals surface area contributed by atoms with Crippen molar-refractivity contribution in [3.8, 4) is 0 Å². The second kappa shape index (κ2) is 10.3. The second-order valence-corrected chi connectivity index (χ2v) is 6.88. The maximum absolute atomic E-state index is 13.7. The minimum atomic E-state index is -0.193. The van der Waals surface area contributed by atoms with E-state index in [2.05, 4.69) is 20.5 Å². The van der Waals surface area contributed by atoms with Crippen molar-refractivity contribution in [1.29, 1.82) is 0 Å². The lowest BCUT2D eigenvalue weighted by atomic mass is 10.2. The number of benzene rings is 1. The third-order valence-electron chi connectivity index (χ3n) is 4.65. The summed E-state index contributed by atoms with van der Waals surface area (Å²) in [6, 6.07) is 7.63. The molecular weight excluding hydrogens is 430 g/mol. The molecule has 2 N–H and O–H groups in total. The zero-order valence-electron chi connectivity index (χ0n) is 15.0. The van der Waals surface area contributed by atoms with Gasteiger partial charge < -0.3 is 10.6 Å². The predicted molar refractivity (Wildman–Crippen MR) is 112 cm³/mol. The first kappa shape index (κ1) is 20.4. The number of guanidine groups is 1.